The van der Waals surface area contributed by atoms with E-state index in [9.17, 15) is 9.50 Å². The fraction of sp³-hybridized carbons (Fsp3) is 0.333. The van der Waals surface area contributed by atoms with Crippen molar-refractivity contribution in [2.24, 2.45) is 0 Å². The molecule has 0 saturated heterocycles. The van der Waals surface area contributed by atoms with Gasteiger partial charge in [0.05, 0.1) is 12.6 Å². The number of hydrogen-bond acceptors (Lipinski definition) is 3. The number of aliphatic hydroxyl groups is 1. The van der Waals surface area contributed by atoms with Crippen LogP contribution >= 0.6 is 11.3 Å². The molecular formula is C15H18FNOS. The van der Waals surface area contributed by atoms with Crippen molar-refractivity contribution in [2.45, 2.75) is 26.5 Å². The fourth-order valence-electron chi connectivity index (χ4n) is 2.11. The molecule has 0 amide bonds. The SMILES string of the molecule is CCN(Cc1cccs1)c1ccc(F)cc1[C@@H](C)O. The van der Waals surface area contributed by atoms with Gasteiger partial charge < -0.3 is 10.0 Å². The lowest BCUT2D eigenvalue weighted by molar-refractivity contribution is 0.199. The van der Waals surface area contributed by atoms with Gasteiger partial charge in [0.1, 0.15) is 5.82 Å². The van der Waals surface area contributed by atoms with Gasteiger partial charge in [-0.1, -0.05) is 6.07 Å². The summed E-state index contributed by atoms with van der Waals surface area (Å²) in [6, 6.07) is 8.71. The molecule has 1 aromatic heterocycles. The van der Waals surface area contributed by atoms with E-state index in [1.807, 2.05) is 11.4 Å². The van der Waals surface area contributed by atoms with Gasteiger partial charge in [0, 0.05) is 22.7 Å². The fourth-order valence-corrected chi connectivity index (χ4v) is 2.83. The lowest BCUT2D eigenvalue weighted by Gasteiger charge is -2.26. The maximum absolute atomic E-state index is 13.3. The Kier molecular flexibility index (Phi) is 4.56. The first kappa shape index (κ1) is 14.0. The molecule has 1 heterocycles. The summed E-state index contributed by atoms with van der Waals surface area (Å²) in [7, 11) is 0. The number of benzene rings is 1. The van der Waals surface area contributed by atoms with E-state index in [1.54, 1.807) is 24.3 Å². The van der Waals surface area contributed by atoms with Crippen LogP contribution in [-0.4, -0.2) is 11.7 Å². The molecule has 1 aromatic carbocycles. The largest absolute Gasteiger partial charge is 0.389 e. The zero-order chi connectivity index (χ0) is 13.8. The van der Waals surface area contributed by atoms with Crippen LogP contribution in [0.1, 0.15) is 30.4 Å². The highest BCUT2D eigenvalue weighted by atomic mass is 32.1. The van der Waals surface area contributed by atoms with Crippen LogP contribution in [0.3, 0.4) is 0 Å². The molecule has 0 spiro atoms. The molecule has 102 valence electrons. The maximum atomic E-state index is 13.3. The summed E-state index contributed by atoms with van der Waals surface area (Å²) in [5.41, 5.74) is 1.53. The Morgan fingerprint density at radius 1 is 1.37 bits per heavy atom. The molecule has 2 rings (SSSR count). The molecule has 0 radical (unpaired) electrons. The minimum Gasteiger partial charge on any atom is -0.389 e. The van der Waals surface area contributed by atoms with Crippen molar-refractivity contribution in [2.75, 3.05) is 11.4 Å². The normalized spacial score (nSPS) is 12.4. The Bertz CT molecular complexity index is 525. The zero-order valence-corrected chi connectivity index (χ0v) is 12.0. The Balaban J connectivity index is 2.32. The van der Waals surface area contributed by atoms with Crippen LogP contribution in [0, 0.1) is 5.82 Å². The van der Waals surface area contributed by atoms with Crippen LogP contribution < -0.4 is 4.90 Å². The van der Waals surface area contributed by atoms with Gasteiger partial charge in [-0.25, -0.2) is 4.39 Å². The molecule has 4 heteroatoms. The predicted molar refractivity (Wildman–Crippen MR) is 78.1 cm³/mol. The van der Waals surface area contributed by atoms with E-state index in [0.29, 0.717) is 5.56 Å². The Morgan fingerprint density at radius 2 is 2.16 bits per heavy atom. The summed E-state index contributed by atoms with van der Waals surface area (Å²) < 4.78 is 13.3. The summed E-state index contributed by atoms with van der Waals surface area (Å²) in [6.07, 6.45) is -0.678. The third kappa shape index (κ3) is 3.33. The number of anilines is 1. The maximum Gasteiger partial charge on any atom is 0.123 e. The van der Waals surface area contributed by atoms with E-state index < -0.39 is 6.10 Å². The monoisotopic (exact) mass is 279 g/mol. The zero-order valence-electron chi connectivity index (χ0n) is 11.1. The number of aliphatic hydroxyl groups excluding tert-OH is 1. The van der Waals surface area contributed by atoms with Crippen LogP contribution in [0.2, 0.25) is 0 Å². The first-order valence-corrected chi connectivity index (χ1v) is 7.24. The van der Waals surface area contributed by atoms with Crippen molar-refractivity contribution in [3.63, 3.8) is 0 Å². The first-order chi connectivity index (χ1) is 9.11. The number of rotatable bonds is 5. The molecule has 0 saturated carbocycles. The number of nitrogens with zero attached hydrogens (tertiary/aromatic N) is 1. The second-order valence-electron chi connectivity index (χ2n) is 4.47. The highest BCUT2D eigenvalue weighted by Gasteiger charge is 2.15. The van der Waals surface area contributed by atoms with E-state index >= 15 is 0 Å². The van der Waals surface area contributed by atoms with Gasteiger partial charge in [-0.3, -0.25) is 0 Å². The molecule has 0 aliphatic rings. The Labute approximate surface area is 117 Å². The van der Waals surface area contributed by atoms with Crippen molar-refractivity contribution < 1.29 is 9.50 Å². The molecule has 2 nitrogen and oxygen atoms in total. The summed E-state index contributed by atoms with van der Waals surface area (Å²) in [5.74, 6) is -0.313. The summed E-state index contributed by atoms with van der Waals surface area (Å²) in [4.78, 5) is 3.40. The number of hydrogen-bond donors (Lipinski definition) is 1. The van der Waals surface area contributed by atoms with E-state index in [0.717, 1.165) is 18.8 Å². The Morgan fingerprint density at radius 3 is 2.74 bits per heavy atom. The molecule has 0 aliphatic carbocycles. The van der Waals surface area contributed by atoms with E-state index in [4.69, 9.17) is 0 Å². The van der Waals surface area contributed by atoms with Crippen LogP contribution in [0.15, 0.2) is 35.7 Å². The first-order valence-electron chi connectivity index (χ1n) is 6.36. The predicted octanol–water partition coefficient (Wildman–Crippen LogP) is 3.97. The highest BCUT2D eigenvalue weighted by Crippen LogP contribution is 2.29. The lowest BCUT2D eigenvalue weighted by Crippen LogP contribution is -2.23. The summed E-state index contributed by atoms with van der Waals surface area (Å²) in [5, 5.41) is 11.9. The van der Waals surface area contributed by atoms with Crippen molar-refractivity contribution in [3.05, 3.63) is 52.0 Å². The average Bonchev–Trinajstić information content (AvgIpc) is 2.89. The van der Waals surface area contributed by atoms with Crippen LogP contribution in [0.5, 0.6) is 0 Å². The van der Waals surface area contributed by atoms with Crippen molar-refractivity contribution in [3.8, 4) is 0 Å². The second kappa shape index (κ2) is 6.17. The molecule has 1 N–H and O–H groups in total. The lowest BCUT2D eigenvalue weighted by atomic mass is 10.1. The van der Waals surface area contributed by atoms with Crippen LogP contribution in [0.4, 0.5) is 10.1 Å². The van der Waals surface area contributed by atoms with Gasteiger partial charge in [-0.15, -0.1) is 11.3 Å². The van der Waals surface area contributed by atoms with Gasteiger partial charge in [0.2, 0.25) is 0 Å². The molecule has 0 fully saturated rings. The van der Waals surface area contributed by atoms with E-state index in [-0.39, 0.29) is 5.82 Å². The van der Waals surface area contributed by atoms with Crippen molar-refractivity contribution in [1.29, 1.82) is 0 Å². The van der Waals surface area contributed by atoms with Crippen LogP contribution in [-0.2, 0) is 6.54 Å². The van der Waals surface area contributed by atoms with Gasteiger partial charge in [-0.2, -0.15) is 0 Å². The smallest absolute Gasteiger partial charge is 0.123 e. The Hall–Kier alpha value is -1.39. The number of halogens is 1. The third-order valence-corrected chi connectivity index (χ3v) is 3.95. The number of thiophene rings is 1. The van der Waals surface area contributed by atoms with E-state index in [2.05, 4.69) is 17.9 Å². The topological polar surface area (TPSA) is 23.5 Å². The summed E-state index contributed by atoms with van der Waals surface area (Å²) >= 11 is 1.70. The molecule has 1 atom stereocenters. The molecule has 0 unspecified atom stereocenters. The molecular weight excluding hydrogens is 261 g/mol. The minimum atomic E-state index is -0.678. The van der Waals surface area contributed by atoms with Gasteiger partial charge in [-0.05, 0) is 43.5 Å². The second-order valence-corrected chi connectivity index (χ2v) is 5.50. The van der Waals surface area contributed by atoms with Crippen LogP contribution in [0.25, 0.3) is 0 Å². The molecule has 19 heavy (non-hydrogen) atoms. The van der Waals surface area contributed by atoms with Crippen molar-refractivity contribution >= 4 is 17.0 Å². The average molecular weight is 279 g/mol. The highest BCUT2D eigenvalue weighted by molar-refractivity contribution is 7.09. The molecule has 0 bridgehead atoms. The van der Waals surface area contributed by atoms with Crippen molar-refractivity contribution in [1.82, 2.24) is 0 Å². The van der Waals surface area contributed by atoms with Gasteiger partial charge in [0.25, 0.3) is 0 Å². The minimum absolute atomic E-state index is 0.313. The summed E-state index contributed by atoms with van der Waals surface area (Å²) in [6.45, 7) is 5.31. The standard InChI is InChI=1S/C15H18FNOS/c1-3-17(10-13-5-4-8-19-13)15-7-6-12(16)9-14(15)11(2)18/h4-9,11,18H,3,10H2,1-2H3/t11-/m1/s1. The molecule has 0 aliphatic heterocycles. The molecule has 2 aromatic rings. The van der Waals surface area contributed by atoms with E-state index in [1.165, 1.54) is 17.0 Å². The quantitative estimate of drug-likeness (QED) is 0.895. The third-order valence-electron chi connectivity index (χ3n) is 3.09. The van der Waals surface area contributed by atoms with Gasteiger partial charge >= 0.3 is 0 Å². The van der Waals surface area contributed by atoms with Gasteiger partial charge in [0.15, 0.2) is 0 Å².